The number of aromatic nitrogens is 2. The highest BCUT2D eigenvalue weighted by atomic mass is 16.5. The van der Waals surface area contributed by atoms with E-state index in [0.29, 0.717) is 11.5 Å². The van der Waals surface area contributed by atoms with Gasteiger partial charge in [-0.2, -0.15) is 5.10 Å². The van der Waals surface area contributed by atoms with Gasteiger partial charge in [0.05, 0.1) is 20.8 Å². The van der Waals surface area contributed by atoms with Crippen LogP contribution in [0.15, 0.2) is 24.3 Å². The number of benzene rings is 1. The molecule has 0 spiro atoms. The number of rotatable bonds is 7. The molecular weight excluding hydrogens is 462 g/mol. The minimum Gasteiger partial charge on any atom is -0.493 e. The van der Waals surface area contributed by atoms with Gasteiger partial charge in [0.25, 0.3) is 11.8 Å². The van der Waals surface area contributed by atoms with E-state index in [4.69, 9.17) is 9.47 Å². The smallest absolute Gasteiger partial charge is 0.272 e. The molecule has 2 aliphatic rings. The van der Waals surface area contributed by atoms with Crippen molar-refractivity contribution in [2.24, 2.45) is 0 Å². The topological polar surface area (TPSA) is 115 Å². The fourth-order valence-corrected chi connectivity index (χ4v) is 4.87. The molecule has 1 aromatic heterocycles. The lowest BCUT2D eigenvalue weighted by atomic mass is 9.95. The highest BCUT2D eigenvalue weighted by Crippen LogP contribution is 2.29. The van der Waals surface area contributed by atoms with Crippen LogP contribution in [-0.4, -0.2) is 65.2 Å². The summed E-state index contributed by atoms with van der Waals surface area (Å²) < 4.78 is 12.0. The number of carbonyl (C=O) groups excluding carboxylic acids is 3. The van der Waals surface area contributed by atoms with E-state index in [2.05, 4.69) is 15.7 Å². The Morgan fingerprint density at radius 2 is 1.78 bits per heavy atom. The summed E-state index contributed by atoms with van der Waals surface area (Å²) in [5.74, 6) is 0.226. The molecule has 0 bridgehead atoms. The largest absolute Gasteiger partial charge is 0.493 e. The predicted octanol–water partition coefficient (Wildman–Crippen LogP) is 2.51. The molecule has 194 valence electrons. The average Bonchev–Trinajstić information content (AvgIpc) is 3.13. The third-order valence-corrected chi connectivity index (χ3v) is 7.31. The number of hydrogen-bond donors (Lipinski definition) is 2. The average molecular weight is 498 g/mol. The third-order valence-electron chi connectivity index (χ3n) is 7.31. The van der Waals surface area contributed by atoms with E-state index in [9.17, 15) is 14.4 Å². The predicted molar refractivity (Wildman–Crippen MR) is 133 cm³/mol. The Balaban J connectivity index is 1.46. The highest BCUT2D eigenvalue weighted by Gasteiger charge is 2.46. The minimum absolute atomic E-state index is 0.122. The van der Waals surface area contributed by atoms with Gasteiger partial charge < -0.3 is 25.0 Å². The molecule has 0 saturated heterocycles. The molecule has 0 radical (unpaired) electrons. The summed E-state index contributed by atoms with van der Waals surface area (Å²) in [6.07, 6.45) is 6.49. The highest BCUT2D eigenvalue weighted by molar-refractivity contribution is 6.01. The zero-order valence-corrected chi connectivity index (χ0v) is 21.4. The standard InChI is InChI=1S/C26H35N5O5/c1-26(25(34)28-18-9-7-5-6-8-10-18)16-31-20(24(33)30(26)2)14-19(29-31)23(32)27-15-17-11-12-21(35-3)22(13-17)36-4/h11-14,18H,5-10,15-16H2,1-4H3,(H,27,32)(H,28,34)/t26-/m1/s1. The van der Waals surface area contributed by atoms with Crippen molar-refractivity contribution in [1.29, 1.82) is 0 Å². The fourth-order valence-electron chi connectivity index (χ4n) is 4.87. The van der Waals surface area contributed by atoms with Crippen LogP contribution < -0.4 is 20.1 Å². The maximum atomic E-state index is 13.3. The minimum atomic E-state index is -1.10. The number of fused-ring (bicyclic) bond motifs is 1. The zero-order valence-electron chi connectivity index (χ0n) is 21.4. The van der Waals surface area contributed by atoms with Crippen molar-refractivity contribution < 1.29 is 23.9 Å². The molecule has 2 aromatic rings. The zero-order chi connectivity index (χ0) is 25.9. The van der Waals surface area contributed by atoms with Crippen molar-refractivity contribution >= 4 is 17.7 Å². The van der Waals surface area contributed by atoms with Crippen LogP contribution in [0.25, 0.3) is 0 Å². The first-order valence-corrected chi connectivity index (χ1v) is 12.4. The van der Waals surface area contributed by atoms with Crippen LogP contribution in [0.5, 0.6) is 11.5 Å². The van der Waals surface area contributed by atoms with Gasteiger partial charge in [-0.3, -0.25) is 19.1 Å². The second kappa shape index (κ2) is 10.6. The lowest BCUT2D eigenvalue weighted by Gasteiger charge is -2.41. The molecule has 3 amide bonds. The van der Waals surface area contributed by atoms with Crippen LogP contribution in [0.3, 0.4) is 0 Å². The normalized spacial score (nSPS) is 20.3. The molecule has 1 aliphatic heterocycles. The fraction of sp³-hybridized carbons (Fsp3) is 0.538. The van der Waals surface area contributed by atoms with Gasteiger partial charge in [0.2, 0.25) is 5.91 Å². The first-order chi connectivity index (χ1) is 17.3. The number of nitrogens with zero attached hydrogens (tertiary/aromatic N) is 3. The third kappa shape index (κ3) is 5.03. The van der Waals surface area contributed by atoms with Crippen LogP contribution in [0, 0.1) is 0 Å². The van der Waals surface area contributed by atoms with Crippen molar-refractivity contribution in [3.63, 3.8) is 0 Å². The van der Waals surface area contributed by atoms with E-state index in [-0.39, 0.29) is 42.3 Å². The number of ether oxygens (including phenoxy) is 2. The van der Waals surface area contributed by atoms with E-state index in [1.54, 1.807) is 40.3 Å². The van der Waals surface area contributed by atoms with Crippen LogP contribution >= 0.6 is 0 Å². The Hall–Kier alpha value is -3.56. The molecule has 1 atom stereocenters. The lowest BCUT2D eigenvalue weighted by Crippen LogP contribution is -2.63. The van der Waals surface area contributed by atoms with Crippen molar-refractivity contribution in [1.82, 2.24) is 25.3 Å². The summed E-state index contributed by atoms with van der Waals surface area (Å²) in [7, 11) is 4.74. The molecule has 2 N–H and O–H groups in total. The van der Waals surface area contributed by atoms with Crippen LogP contribution in [0.4, 0.5) is 0 Å². The van der Waals surface area contributed by atoms with E-state index in [0.717, 1.165) is 31.2 Å². The molecule has 36 heavy (non-hydrogen) atoms. The van der Waals surface area contributed by atoms with Gasteiger partial charge in [0.1, 0.15) is 11.2 Å². The molecular formula is C26H35N5O5. The first-order valence-electron chi connectivity index (χ1n) is 12.4. The quantitative estimate of drug-likeness (QED) is 0.568. The van der Waals surface area contributed by atoms with Crippen LogP contribution in [0.1, 0.15) is 72.0 Å². The van der Waals surface area contributed by atoms with Crippen LogP contribution in [0.2, 0.25) is 0 Å². The maximum Gasteiger partial charge on any atom is 0.272 e. The Morgan fingerprint density at radius 3 is 2.44 bits per heavy atom. The summed E-state index contributed by atoms with van der Waals surface area (Å²) in [6.45, 7) is 2.17. The second-order valence-electron chi connectivity index (χ2n) is 9.74. The van der Waals surface area contributed by atoms with Crippen molar-refractivity contribution in [3.05, 3.63) is 41.2 Å². The van der Waals surface area contributed by atoms with Crippen molar-refractivity contribution in [2.45, 2.75) is 70.1 Å². The van der Waals surface area contributed by atoms with E-state index < -0.39 is 11.4 Å². The van der Waals surface area contributed by atoms with Gasteiger partial charge in [0.15, 0.2) is 17.2 Å². The Bertz CT molecular complexity index is 1140. The number of likely N-dealkylation sites (N-methyl/N-ethyl adjacent to an activating group) is 1. The molecule has 4 rings (SSSR count). The number of methoxy groups -OCH3 is 2. The van der Waals surface area contributed by atoms with Gasteiger partial charge in [-0.15, -0.1) is 0 Å². The number of hydrogen-bond acceptors (Lipinski definition) is 6. The molecule has 1 aromatic carbocycles. The summed E-state index contributed by atoms with van der Waals surface area (Å²) in [4.78, 5) is 40.8. The van der Waals surface area contributed by atoms with E-state index >= 15 is 0 Å². The van der Waals surface area contributed by atoms with E-state index in [1.165, 1.54) is 28.5 Å². The number of carbonyl (C=O) groups is 3. The molecule has 0 unspecified atom stereocenters. The Labute approximate surface area is 211 Å². The number of nitrogens with one attached hydrogen (secondary N) is 2. The second-order valence-corrected chi connectivity index (χ2v) is 9.74. The first kappa shape index (κ1) is 25.5. The van der Waals surface area contributed by atoms with Gasteiger partial charge in [-0.25, -0.2) is 0 Å². The Morgan fingerprint density at radius 1 is 1.08 bits per heavy atom. The van der Waals surface area contributed by atoms with Gasteiger partial charge in [0, 0.05) is 25.7 Å². The number of amides is 3. The summed E-state index contributed by atoms with van der Waals surface area (Å²) in [5.41, 5.74) is 0.133. The van der Waals surface area contributed by atoms with Gasteiger partial charge >= 0.3 is 0 Å². The molecule has 10 nitrogen and oxygen atoms in total. The summed E-state index contributed by atoms with van der Waals surface area (Å²) in [5, 5.41) is 10.4. The molecule has 10 heteroatoms. The summed E-state index contributed by atoms with van der Waals surface area (Å²) >= 11 is 0. The lowest BCUT2D eigenvalue weighted by molar-refractivity contribution is -0.133. The monoisotopic (exact) mass is 497 g/mol. The Kier molecular flexibility index (Phi) is 7.51. The molecule has 1 saturated carbocycles. The molecule has 1 fully saturated rings. The molecule has 1 aliphatic carbocycles. The maximum absolute atomic E-state index is 13.3. The van der Waals surface area contributed by atoms with E-state index in [1.807, 2.05) is 6.07 Å². The van der Waals surface area contributed by atoms with Crippen LogP contribution in [-0.2, 0) is 17.9 Å². The van der Waals surface area contributed by atoms with Crippen molar-refractivity contribution in [3.8, 4) is 11.5 Å². The van der Waals surface area contributed by atoms with Gasteiger partial charge in [-0.05, 0) is 37.5 Å². The van der Waals surface area contributed by atoms with Crippen molar-refractivity contribution in [2.75, 3.05) is 21.3 Å². The van der Waals surface area contributed by atoms with Gasteiger partial charge in [-0.1, -0.05) is 31.7 Å². The summed E-state index contributed by atoms with van der Waals surface area (Å²) in [6, 6.07) is 6.98. The molecule has 2 heterocycles. The SMILES string of the molecule is COc1ccc(CNC(=O)c2cc3n(n2)C[C@](C)(C(=O)NC2CCCCCC2)N(C)C3=O)cc1OC.